The van der Waals surface area contributed by atoms with Crippen molar-refractivity contribution in [2.75, 3.05) is 5.32 Å². The van der Waals surface area contributed by atoms with Gasteiger partial charge in [0.15, 0.2) is 0 Å². The Hall–Kier alpha value is -2.52. The lowest BCUT2D eigenvalue weighted by atomic mass is 10.2. The molecule has 0 atom stereocenters. The topological polar surface area (TPSA) is 128 Å². The van der Waals surface area contributed by atoms with Crippen molar-refractivity contribution in [3.63, 3.8) is 0 Å². The maximum atomic E-state index is 11.2. The van der Waals surface area contributed by atoms with Gasteiger partial charge in [0.1, 0.15) is 5.69 Å². The van der Waals surface area contributed by atoms with Crippen molar-refractivity contribution in [1.29, 1.82) is 0 Å². The second kappa shape index (κ2) is 5.85. The molecule has 0 amide bonds. The van der Waals surface area contributed by atoms with Gasteiger partial charge in [0.2, 0.25) is 10.0 Å². The Balaban J connectivity index is 2.29. The molecule has 9 heteroatoms. The minimum Gasteiger partial charge on any atom is -0.375 e. The number of primary sulfonamides is 1. The standard InChI is InChI=1S/C12H12N4O4S/c13-21(19,20)10-3-4-11(12(6-10)16(17)18)15-8-9-2-1-5-14-7-9/h1-7,15H,8H2,(H2,13,19,20). The number of hydrogen-bond donors (Lipinski definition) is 2. The van der Waals surface area contributed by atoms with Crippen LogP contribution in [0, 0.1) is 10.1 Å². The number of hydrogen-bond acceptors (Lipinski definition) is 6. The first-order valence-corrected chi connectivity index (χ1v) is 7.36. The highest BCUT2D eigenvalue weighted by Crippen LogP contribution is 2.27. The number of nitrogens with one attached hydrogen (secondary N) is 1. The molecular weight excluding hydrogens is 296 g/mol. The van der Waals surface area contributed by atoms with Crippen molar-refractivity contribution in [1.82, 2.24) is 4.98 Å². The molecule has 0 saturated carbocycles. The molecule has 0 saturated heterocycles. The Bertz CT molecular complexity index is 762. The summed E-state index contributed by atoms with van der Waals surface area (Å²) in [5, 5.41) is 18.9. The van der Waals surface area contributed by atoms with Gasteiger partial charge < -0.3 is 5.32 Å². The van der Waals surface area contributed by atoms with Crippen molar-refractivity contribution in [3.05, 3.63) is 58.4 Å². The number of nitro groups is 1. The van der Waals surface area contributed by atoms with Gasteiger partial charge in [-0.3, -0.25) is 15.1 Å². The van der Waals surface area contributed by atoms with Crippen LogP contribution in [0.15, 0.2) is 47.6 Å². The summed E-state index contributed by atoms with van der Waals surface area (Å²) < 4.78 is 22.4. The summed E-state index contributed by atoms with van der Waals surface area (Å²) in [4.78, 5) is 14.0. The van der Waals surface area contributed by atoms with E-state index in [-0.39, 0.29) is 16.3 Å². The summed E-state index contributed by atoms with van der Waals surface area (Å²) in [6, 6.07) is 7.02. The van der Waals surface area contributed by atoms with Gasteiger partial charge in [-0.05, 0) is 23.8 Å². The number of pyridine rings is 1. The molecule has 3 N–H and O–H groups in total. The van der Waals surface area contributed by atoms with Gasteiger partial charge in [-0.1, -0.05) is 6.07 Å². The Morgan fingerprint density at radius 3 is 2.67 bits per heavy atom. The molecule has 110 valence electrons. The minimum absolute atomic E-state index is 0.205. The second-order valence-electron chi connectivity index (χ2n) is 4.20. The van der Waals surface area contributed by atoms with E-state index in [1.807, 2.05) is 6.07 Å². The van der Waals surface area contributed by atoms with Crippen molar-refractivity contribution < 1.29 is 13.3 Å². The van der Waals surface area contributed by atoms with Crippen LogP contribution in [-0.4, -0.2) is 18.3 Å². The SMILES string of the molecule is NS(=O)(=O)c1ccc(NCc2cccnc2)c([N+](=O)[O-])c1. The molecule has 0 radical (unpaired) electrons. The van der Waals surface area contributed by atoms with Gasteiger partial charge in [-0.25, -0.2) is 13.6 Å². The summed E-state index contributed by atoms with van der Waals surface area (Å²) in [5.41, 5.74) is 0.684. The molecule has 1 heterocycles. The molecule has 2 aromatic rings. The van der Waals surface area contributed by atoms with Crippen LogP contribution in [0.4, 0.5) is 11.4 Å². The second-order valence-corrected chi connectivity index (χ2v) is 5.76. The first-order valence-electron chi connectivity index (χ1n) is 5.82. The summed E-state index contributed by atoms with van der Waals surface area (Å²) in [5.74, 6) is 0. The summed E-state index contributed by atoms with van der Waals surface area (Å²) in [6.45, 7) is 0.323. The fraction of sp³-hybridized carbons (Fsp3) is 0.0833. The molecule has 8 nitrogen and oxygen atoms in total. The quantitative estimate of drug-likeness (QED) is 0.632. The molecule has 0 aliphatic rings. The first kappa shape index (κ1) is 14.9. The smallest absolute Gasteiger partial charge is 0.293 e. The van der Waals surface area contributed by atoms with E-state index in [0.717, 1.165) is 11.6 Å². The fourth-order valence-electron chi connectivity index (χ4n) is 1.69. The zero-order chi connectivity index (χ0) is 15.5. The predicted octanol–water partition coefficient (Wildman–Crippen LogP) is 1.25. The van der Waals surface area contributed by atoms with E-state index in [1.54, 1.807) is 18.5 Å². The molecular formula is C12H12N4O4S. The molecule has 1 aromatic carbocycles. The molecule has 2 rings (SSSR count). The molecule has 0 fully saturated rings. The van der Waals surface area contributed by atoms with Crippen LogP contribution in [0.2, 0.25) is 0 Å². The van der Waals surface area contributed by atoms with Crippen molar-refractivity contribution >= 4 is 21.4 Å². The van der Waals surface area contributed by atoms with E-state index in [0.29, 0.717) is 6.54 Å². The van der Waals surface area contributed by atoms with E-state index >= 15 is 0 Å². The van der Waals surface area contributed by atoms with Crippen molar-refractivity contribution in [2.45, 2.75) is 11.4 Å². The summed E-state index contributed by atoms with van der Waals surface area (Å²) in [7, 11) is -3.98. The van der Waals surface area contributed by atoms with Crippen LogP contribution in [0.25, 0.3) is 0 Å². The number of anilines is 1. The van der Waals surface area contributed by atoms with Crippen LogP contribution in [-0.2, 0) is 16.6 Å². The lowest BCUT2D eigenvalue weighted by molar-refractivity contribution is -0.384. The van der Waals surface area contributed by atoms with Crippen LogP contribution in [0.3, 0.4) is 0 Å². The van der Waals surface area contributed by atoms with E-state index in [9.17, 15) is 18.5 Å². The van der Waals surface area contributed by atoms with E-state index in [2.05, 4.69) is 10.3 Å². The van der Waals surface area contributed by atoms with Crippen molar-refractivity contribution in [2.24, 2.45) is 5.14 Å². The lowest BCUT2D eigenvalue weighted by Crippen LogP contribution is -2.13. The number of nitro benzene ring substituents is 1. The third-order valence-corrected chi connectivity index (χ3v) is 3.61. The average molecular weight is 308 g/mol. The molecule has 0 unspecified atom stereocenters. The zero-order valence-corrected chi connectivity index (χ0v) is 11.6. The number of sulfonamides is 1. The summed E-state index contributed by atoms with van der Waals surface area (Å²) in [6.07, 6.45) is 3.24. The van der Waals surface area contributed by atoms with Crippen molar-refractivity contribution in [3.8, 4) is 0 Å². The van der Waals surface area contributed by atoms with Gasteiger partial charge in [0, 0.05) is 25.0 Å². The largest absolute Gasteiger partial charge is 0.375 e. The van der Waals surface area contributed by atoms with Gasteiger partial charge in [-0.2, -0.15) is 0 Å². The third-order valence-electron chi connectivity index (χ3n) is 2.70. The Morgan fingerprint density at radius 2 is 2.10 bits per heavy atom. The minimum atomic E-state index is -3.98. The van der Waals surface area contributed by atoms with Gasteiger partial charge >= 0.3 is 0 Å². The molecule has 0 aliphatic heterocycles. The third kappa shape index (κ3) is 3.74. The molecule has 0 aliphatic carbocycles. The number of nitrogens with zero attached hydrogens (tertiary/aromatic N) is 2. The lowest BCUT2D eigenvalue weighted by Gasteiger charge is -2.08. The number of benzene rings is 1. The monoisotopic (exact) mass is 308 g/mol. The van der Waals surface area contributed by atoms with Gasteiger partial charge in [-0.15, -0.1) is 0 Å². The molecule has 0 spiro atoms. The number of nitrogens with two attached hydrogens (primary N) is 1. The van der Waals surface area contributed by atoms with Crippen LogP contribution >= 0.6 is 0 Å². The number of aromatic nitrogens is 1. The highest BCUT2D eigenvalue weighted by Gasteiger charge is 2.18. The highest BCUT2D eigenvalue weighted by molar-refractivity contribution is 7.89. The normalized spacial score (nSPS) is 11.1. The Labute approximate surface area is 120 Å². The fourth-order valence-corrected chi connectivity index (χ4v) is 2.22. The molecule has 0 bridgehead atoms. The maximum absolute atomic E-state index is 11.2. The molecule has 21 heavy (non-hydrogen) atoms. The van der Waals surface area contributed by atoms with Crippen LogP contribution in [0.1, 0.15) is 5.56 Å². The van der Waals surface area contributed by atoms with Crippen LogP contribution in [0.5, 0.6) is 0 Å². The van der Waals surface area contributed by atoms with Crippen LogP contribution < -0.4 is 10.5 Å². The Morgan fingerprint density at radius 1 is 1.33 bits per heavy atom. The first-order chi connectivity index (χ1) is 9.88. The van der Waals surface area contributed by atoms with Gasteiger partial charge in [0.25, 0.3) is 5.69 Å². The van der Waals surface area contributed by atoms with E-state index in [1.165, 1.54) is 12.1 Å². The molecule has 1 aromatic heterocycles. The highest BCUT2D eigenvalue weighted by atomic mass is 32.2. The van der Waals surface area contributed by atoms with Gasteiger partial charge in [0.05, 0.1) is 9.82 Å². The summed E-state index contributed by atoms with van der Waals surface area (Å²) >= 11 is 0. The van der Waals surface area contributed by atoms with E-state index in [4.69, 9.17) is 5.14 Å². The zero-order valence-electron chi connectivity index (χ0n) is 10.8. The Kier molecular flexibility index (Phi) is 4.15. The number of rotatable bonds is 5. The predicted molar refractivity (Wildman–Crippen MR) is 76.0 cm³/mol. The average Bonchev–Trinajstić information content (AvgIpc) is 2.45. The maximum Gasteiger partial charge on any atom is 0.293 e. The van der Waals surface area contributed by atoms with E-state index < -0.39 is 14.9 Å².